The quantitative estimate of drug-likeness (QED) is 0.185. The van der Waals surface area contributed by atoms with E-state index in [4.69, 9.17) is 24.4 Å². The fraction of sp³-hybridized carbons (Fsp3) is 0.367. The van der Waals surface area contributed by atoms with Gasteiger partial charge in [0.1, 0.15) is 16.2 Å². The first-order valence-corrected chi connectivity index (χ1v) is 14.8. The van der Waals surface area contributed by atoms with Gasteiger partial charge in [-0.3, -0.25) is 9.36 Å². The van der Waals surface area contributed by atoms with Gasteiger partial charge in [-0.15, -0.1) is 11.3 Å². The molecule has 3 N–H and O–H groups in total. The Labute approximate surface area is 254 Å². The van der Waals surface area contributed by atoms with Crippen molar-refractivity contribution in [1.29, 1.82) is 0 Å². The minimum atomic E-state index is -1.26. The molecule has 13 nitrogen and oxygen atoms in total. The topological polar surface area (TPSA) is 173 Å². The minimum absolute atomic E-state index is 0.259. The van der Waals surface area contributed by atoms with Crippen LogP contribution >= 0.6 is 11.3 Å². The molecule has 0 spiro atoms. The summed E-state index contributed by atoms with van der Waals surface area (Å²) in [6.07, 6.45) is 4.40. The van der Waals surface area contributed by atoms with Gasteiger partial charge in [-0.2, -0.15) is 0 Å². The van der Waals surface area contributed by atoms with E-state index in [9.17, 15) is 19.2 Å². The summed E-state index contributed by atoms with van der Waals surface area (Å²) in [5.41, 5.74) is 1.03. The van der Waals surface area contributed by atoms with Crippen LogP contribution in [0.4, 0.5) is 0 Å². The summed E-state index contributed by atoms with van der Waals surface area (Å²) in [5.74, 6) is 0.565. The van der Waals surface area contributed by atoms with Crippen LogP contribution in [-0.4, -0.2) is 82.0 Å². The third-order valence-corrected chi connectivity index (χ3v) is 8.88. The standard InChI is InChI=1S/C26H28N4O5S.C4H4O4/c1-33-17-6-5-7-18-20(17)16-13-29(12-15(16)14-35-18)10-3-4-11-30-25(31)23-22(28-26(30)32)21-19(36-23)8-9-27-24(21)34-2;5-3(6)1-2-4(7)8/h5-9,15-16H,3-4,10-14H2,1-2H3,(H,28,32);1-2H,(H,5,6)(H,7,8)/b;2-1+/t15-,16+;/m0./s1. The first kappa shape index (κ1) is 30.8. The molecule has 0 radical (unpaired) electrons. The lowest BCUT2D eigenvalue weighted by Gasteiger charge is -2.29. The predicted octanol–water partition coefficient (Wildman–Crippen LogP) is 2.92. The minimum Gasteiger partial charge on any atom is -0.496 e. The average Bonchev–Trinajstić information content (AvgIpc) is 3.61. The molecule has 44 heavy (non-hydrogen) atoms. The third kappa shape index (κ3) is 6.31. The van der Waals surface area contributed by atoms with Gasteiger partial charge in [-0.05, 0) is 37.6 Å². The first-order valence-electron chi connectivity index (χ1n) is 14.0. The van der Waals surface area contributed by atoms with E-state index in [2.05, 4.69) is 14.9 Å². The highest BCUT2D eigenvalue weighted by atomic mass is 32.1. The number of thiophene rings is 1. The zero-order valence-corrected chi connectivity index (χ0v) is 25.0. The predicted molar refractivity (Wildman–Crippen MR) is 163 cm³/mol. The number of rotatable bonds is 9. The van der Waals surface area contributed by atoms with Gasteiger partial charge in [0.15, 0.2) is 0 Å². The highest BCUT2D eigenvalue weighted by Gasteiger charge is 2.40. The van der Waals surface area contributed by atoms with Crippen molar-refractivity contribution < 1.29 is 34.0 Å². The van der Waals surface area contributed by atoms with Gasteiger partial charge in [0.2, 0.25) is 5.88 Å². The van der Waals surface area contributed by atoms with Crippen molar-refractivity contribution in [3.8, 4) is 17.4 Å². The molecule has 0 saturated carbocycles. The average molecular weight is 625 g/mol. The number of ether oxygens (including phenoxy) is 3. The van der Waals surface area contributed by atoms with E-state index in [-0.39, 0.29) is 5.56 Å². The Hall–Kier alpha value is -4.69. The Balaban J connectivity index is 0.000000426. The molecule has 5 heterocycles. The number of nitrogens with one attached hydrogen (secondary N) is 1. The third-order valence-electron chi connectivity index (χ3n) is 7.74. The molecule has 2 atom stereocenters. The summed E-state index contributed by atoms with van der Waals surface area (Å²) in [6, 6.07) is 7.82. The molecule has 0 amide bonds. The summed E-state index contributed by atoms with van der Waals surface area (Å²) in [6.45, 7) is 3.96. The number of nitrogens with zero attached hydrogens (tertiary/aromatic N) is 3. The van der Waals surface area contributed by atoms with E-state index in [0.29, 0.717) is 52.0 Å². The number of carboxylic acids is 2. The van der Waals surface area contributed by atoms with Gasteiger partial charge in [0.25, 0.3) is 5.56 Å². The van der Waals surface area contributed by atoms with E-state index in [1.165, 1.54) is 28.6 Å². The van der Waals surface area contributed by atoms with Gasteiger partial charge in [0.05, 0.1) is 31.7 Å². The highest BCUT2D eigenvalue weighted by molar-refractivity contribution is 7.25. The molecule has 0 bridgehead atoms. The second-order valence-electron chi connectivity index (χ2n) is 10.4. The number of methoxy groups -OCH3 is 2. The molecule has 1 aromatic carbocycles. The second-order valence-corrected chi connectivity index (χ2v) is 11.5. The van der Waals surface area contributed by atoms with E-state index >= 15 is 0 Å². The van der Waals surface area contributed by atoms with Crippen LogP contribution in [0.3, 0.4) is 0 Å². The van der Waals surface area contributed by atoms with Gasteiger partial charge in [-0.1, -0.05) is 6.07 Å². The van der Waals surface area contributed by atoms with Gasteiger partial charge >= 0.3 is 17.6 Å². The van der Waals surface area contributed by atoms with Gasteiger partial charge < -0.3 is 34.3 Å². The Morgan fingerprint density at radius 1 is 1.09 bits per heavy atom. The van der Waals surface area contributed by atoms with Gasteiger partial charge in [-0.25, -0.2) is 19.4 Å². The van der Waals surface area contributed by atoms with E-state index in [1.807, 2.05) is 24.3 Å². The molecule has 2 aliphatic rings. The van der Waals surface area contributed by atoms with Crippen molar-refractivity contribution in [2.45, 2.75) is 25.3 Å². The molecule has 232 valence electrons. The lowest BCUT2D eigenvalue weighted by molar-refractivity contribution is -0.134. The molecule has 4 aromatic rings. The summed E-state index contributed by atoms with van der Waals surface area (Å²) < 4.78 is 19.7. The fourth-order valence-corrected chi connectivity index (χ4v) is 6.90. The normalized spacial score (nSPS) is 17.5. The molecule has 1 saturated heterocycles. The monoisotopic (exact) mass is 624 g/mol. The number of benzene rings is 1. The molecule has 0 aliphatic carbocycles. The molecule has 2 aliphatic heterocycles. The van der Waals surface area contributed by atoms with Crippen LogP contribution in [0.15, 0.2) is 52.2 Å². The van der Waals surface area contributed by atoms with Crippen molar-refractivity contribution in [3.63, 3.8) is 0 Å². The number of carbonyl (C=O) groups is 2. The number of pyridine rings is 1. The number of fused-ring (bicyclic) bond motifs is 6. The number of unbranched alkanes of at least 4 members (excludes halogenated alkanes) is 1. The number of likely N-dealkylation sites (tertiary alicyclic amines) is 1. The lowest BCUT2D eigenvalue weighted by Crippen LogP contribution is -2.34. The molecule has 3 aromatic heterocycles. The molecular weight excluding hydrogens is 592 g/mol. The number of carboxylic acid groups (broad SMARTS) is 2. The zero-order valence-electron chi connectivity index (χ0n) is 24.1. The van der Waals surface area contributed by atoms with Crippen LogP contribution in [0.5, 0.6) is 17.4 Å². The largest absolute Gasteiger partial charge is 0.496 e. The number of H-pyrrole nitrogens is 1. The number of aromatic amines is 1. The molecular formula is C30H32N4O9S. The molecule has 14 heteroatoms. The van der Waals surface area contributed by atoms with Crippen LogP contribution in [0.2, 0.25) is 0 Å². The van der Waals surface area contributed by atoms with Crippen LogP contribution in [0.1, 0.15) is 24.3 Å². The summed E-state index contributed by atoms with van der Waals surface area (Å²) in [5, 5.41) is 16.3. The van der Waals surface area contributed by atoms with E-state index in [1.54, 1.807) is 13.3 Å². The number of aromatic nitrogens is 3. The highest BCUT2D eigenvalue weighted by Crippen LogP contribution is 2.46. The molecule has 1 fully saturated rings. The van der Waals surface area contributed by atoms with E-state index < -0.39 is 17.6 Å². The summed E-state index contributed by atoms with van der Waals surface area (Å²) >= 11 is 1.36. The number of hydrogen-bond acceptors (Lipinski definition) is 10. The second kappa shape index (κ2) is 13.3. The zero-order chi connectivity index (χ0) is 31.4. The Morgan fingerprint density at radius 2 is 1.84 bits per heavy atom. The SMILES string of the molecule is COc1cccc2c1[C@@H]1CN(CCCCn3c(=O)[nH]c4c(sc5ccnc(OC)c54)c3=O)C[C@H]1CO2.O=C(O)/C=C/C(=O)O. The van der Waals surface area contributed by atoms with Crippen molar-refractivity contribution in [2.75, 3.05) is 40.5 Å². The van der Waals surface area contributed by atoms with Crippen LogP contribution in [0, 0.1) is 5.92 Å². The van der Waals surface area contributed by atoms with Gasteiger partial charge in [0, 0.05) is 60.1 Å². The maximum absolute atomic E-state index is 13.2. The van der Waals surface area contributed by atoms with Crippen molar-refractivity contribution in [3.05, 3.63) is 69.0 Å². The first-order chi connectivity index (χ1) is 21.2. The lowest BCUT2D eigenvalue weighted by atomic mass is 9.86. The number of aliphatic carboxylic acids is 2. The fourth-order valence-electron chi connectivity index (χ4n) is 5.81. The maximum Gasteiger partial charge on any atom is 0.328 e. The summed E-state index contributed by atoms with van der Waals surface area (Å²) in [4.78, 5) is 54.7. The Kier molecular flexibility index (Phi) is 9.30. The maximum atomic E-state index is 13.2. The van der Waals surface area contributed by atoms with Crippen molar-refractivity contribution >= 4 is 43.6 Å². The molecule has 6 rings (SSSR count). The van der Waals surface area contributed by atoms with Crippen molar-refractivity contribution in [1.82, 2.24) is 19.4 Å². The van der Waals surface area contributed by atoms with E-state index in [0.717, 1.165) is 55.3 Å². The summed E-state index contributed by atoms with van der Waals surface area (Å²) in [7, 11) is 3.24. The van der Waals surface area contributed by atoms with Crippen LogP contribution in [0.25, 0.3) is 20.3 Å². The molecule has 0 unspecified atom stereocenters. The number of hydrogen-bond donors (Lipinski definition) is 3. The Morgan fingerprint density at radius 3 is 2.55 bits per heavy atom. The smallest absolute Gasteiger partial charge is 0.328 e. The van der Waals surface area contributed by atoms with Crippen molar-refractivity contribution in [2.24, 2.45) is 5.92 Å². The Bertz CT molecular complexity index is 1810. The van der Waals surface area contributed by atoms with Crippen LogP contribution in [-0.2, 0) is 16.1 Å². The van der Waals surface area contributed by atoms with Crippen LogP contribution < -0.4 is 25.5 Å².